The monoisotopic (exact) mass is 409 g/mol. The molecule has 29 heavy (non-hydrogen) atoms. The number of nitrogens with one attached hydrogen (secondary N) is 1. The van der Waals surface area contributed by atoms with Crippen LogP contribution in [-0.2, 0) is 9.59 Å². The smallest absolute Gasteiger partial charge is 0.270 e. The highest BCUT2D eigenvalue weighted by molar-refractivity contribution is 7.80. The van der Waals surface area contributed by atoms with Crippen molar-refractivity contribution < 1.29 is 14.3 Å². The van der Waals surface area contributed by atoms with Crippen molar-refractivity contribution >= 4 is 40.9 Å². The van der Waals surface area contributed by atoms with Gasteiger partial charge in [-0.1, -0.05) is 19.3 Å². The van der Waals surface area contributed by atoms with Crippen LogP contribution in [0.2, 0.25) is 0 Å². The Morgan fingerprint density at radius 3 is 2.52 bits per heavy atom. The first-order valence-electron chi connectivity index (χ1n) is 9.80. The molecule has 1 N–H and O–H groups in total. The number of aromatic nitrogens is 1. The van der Waals surface area contributed by atoms with E-state index in [4.69, 9.17) is 17.0 Å². The molecule has 0 unspecified atom stereocenters. The van der Waals surface area contributed by atoms with E-state index in [2.05, 4.69) is 9.88 Å². The number of rotatable bonds is 4. The van der Waals surface area contributed by atoms with Crippen molar-refractivity contribution in [2.45, 2.75) is 38.1 Å². The first-order valence-corrected chi connectivity index (χ1v) is 10.2. The Labute approximate surface area is 175 Å². The summed E-state index contributed by atoms with van der Waals surface area (Å²) in [6, 6.07) is 9.39. The van der Waals surface area contributed by atoms with E-state index in [9.17, 15) is 9.59 Å². The minimum atomic E-state index is -0.477. The number of nitrogens with zero attached hydrogens (tertiary/aromatic N) is 2. The molecule has 1 saturated carbocycles. The molecule has 4 rings (SSSR count). The van der Waals surface area contributed by atoms with Crippen LogP contribution in [0.3, 0.4) is 0 Å². The van der Waals surface area contributed by atoms with Crippen molar-refractivity contribution in [2.75, 3.05) is 12.0 Å². The van der Waals surface area contributed by atoms with Crippen LogP contribution >= 0.6 is 12.2 Å². The lowest BCUT2D eigenvalue weighted by molar-refractivity contribution is -0.122. The first-order chi connectivity index (χ1) is 14.1. The van der Waals surface area contributed by atoms with Gasteiger partial charge in [-0.2, -0.15) is 0 Å². The number of carbonyl (C=O) groups is 2. The van der Waals surface area contributed by atoms with Gasteiger partial charge in [0.05, 0.1) is 12.8 Å². The average molecular weight is 410 g/mol. The van der Waals surface area contributed by atoms with Crippen molar-refractivity contribution in [3.63, 3.8) is 0 Å². The summed E-state index contributed by atoms with van der Waals surface area (Å²) in [5.41, 5.74) is 1.47. The van der Waals surface area contributed by atoms with Gasteiger partial charge >= 0.3 is 0 Å². The van der Waals surface area contributed by atoms with E-state index in [0.29, 0.717) is 17.5 Å². The van der Waals surface area contributed by atoms with Crippen LogP contribution in [0.15, 0.2) is 48.3 Å². The minimum Gasteiger partial charge on any atom is -0.497 e. The molecule has 7 heteroatoms. The molecule has 6 nitrogen and oxygen atoms in total. The van der Waals surface area contributed by atoms with Crippen LogP contribution in [0.5, 0.6) is 5.75 Å². The van der Waals surface area contributed by atoms with Crippen molar-refractivity contribution in [1.29, 1.82) is 0 Å². The lowest BCUT2D eigenvalue weighted by Gasteiger charge is -2.29. The number of benzene rings is 1. The van der Waals surface area contributed by atoms with Gasteiger partial charge in [0, 0.05) is 18.4 Å². The molecule has 150 valence electrons. The van der Waals surface area contributed by atoms with E-state index in [-0.39, 0.29) is 10.7 Å². The van der Waals surface area contributed by atoms with Crippen LogP contribution in [0.1, 0.15) is 43.7 Å². The standard InChI is InChI=1S/C22H23N3O3S/c1-28-18-9-7-17(8-10-18)25-21(27)19(20(26)23-22(25)29)13-15-11-12-24(14-15)16-5-3-2-4-6-16/h7-14,16H,2-6H2,1H3,(H,23,26,29)/b19-13-. The summed E-state index contributed by atoms with van der Waals surface area (Å²) >= 11 is 5.24. The van der Waals surface area contributed by atoms with E-state index in [1.54, 1.807) is 37.5 Å². The second-order valence-electron chi connectivity index (χ2n) is 7.34. The highest BCUT2D eigenvalue weighted by Gasteiger charge is 2.34. The van der Waals surface area contributed by atoms with Gasteiger partial charge in [-0.25, -0.2) is 0 Å². The van der Waals surface area contributed by atoms with E-state index in [1.165, 1.54) is 37.0 Å². The van der Waals surface area contributed by atoms with Crippen molar-refractivity contribution in [3.05, 3.63) is 53.9 Å². The van der Waals surface area contributed by atoms with Gasteiger partial charge < -0.3 is 9.30 Å². The van der Waals surface area contributed by atoms with E-state index < -0.39 is 11.8 Å². The maximum absolute atomic E-state index is 13.1. The lowest BCUT2D eigenvalue weighted by Crippen LogP contribution is -2.54. The van der Waals surface area contributed by atoms with Gasteiger partial charge in [-0.05, 0) is 67.0 Å². The number of thiocarbonyl (C=S) groups is 1. The molecule has 2 fully saturated rings. The second-order valence-corrected chi connectivity index (χ2v) is 7.73. The Hall–Kier alpha value is -2.93. The average Bonchev–Trinajstić information content (AvgIpc) is 3.21. The number of carbonyl (C=O) groups excluding carboxylic acids is 2. The molecular formula is C22H23N3O3S. The Balaban J connectivity index is 1.60. The summed E-state index contributed by atoms with van der Waals surface area (Å²) in [7, 11) is 1.58. The van der Waals surface area contributed by atoms with Gasteiger partial charge in [0.1, 0.15) is 11.3 Å². The molecule has 2 heterocycles. The highest BCUT2D eigenvalue weighted by Crippen LogP contribution is 2.29. The van der Waals surface area contributed by atoms with Crippen molar-refractivity contribution in [2.24, 2.45) is 0 Å². The normalized spacial score (nSPS) is 19.6. The third-order valence-electron chi connectivity index (χ3n) is 5.48. The van der Waals surface area contributed by atoms with Crippen LogP contribution in [0, 0.1) is 0 Å². The van der Waals surface area contributed by atoms with Gasteiger partial charge in [-0.3, -0.25) is 19.8 Å². The van der Waals surface area contributed by atoms with Crippen LogP contribution in [0.25, 0.3) is 6.08 Å². The van der Waals surface area contributed by atoms with Gasteiger partial charge in [0.15, 0.2) is 5.11 Å². The quantitative estimate of drug-likeness (QED) is 0.474. The van der Waals surface area contributed by atoms with E-state index in [1.807, 2.05) is 18.5 Å². The summed E-state index contributed by atoms with van der Waals surface area (Å²) in [4.78, 5) is 26.9. The third-order valence-corrected chi connectivity index (χ3v) is 5.76. The summed E-state index contributed by atoms with van der Waals surface area (Å²) in [6.45, 7) is 0. The molecule has 2 aromatic rings. The minimum absolute atomic E-state index is 0.0656. The number of amides is 2. The van der Waals surface area contributed by atoms with Crippen LogP contribution in [0.4, 0.5) is 5.69 Å². The largest absolute Gasteiger partial charge is 0.497 e. The predicted molar refractivity (Wildman–Crippen MR) is 116 cm³/mol. The molecule has 1 aromatic heterocycles. The zero-order valence-electron chi connectivity index (χ0n) is 16.3. The zero-order chi connectivity index (χ0) is 20.4. The number of methoxy groups -OCH3 is 1. The summed E-state index contributed by atoms with van der Waals surface area (Å²) in [5, 5.41) is 2.69. The Morgan fingerprint density at radius 1 is 1.10 bits per heavy atom. The molecule has 1 saturated heterocycles. The SMILES string of the molecule is COc1ccc(N2C(=O)/C(=C\c3ccn(C4CCCCC4)c3)C(=O)NC2=S)cc1. The van der Waals surface area contributed by atoms with Gasteiger partial charge in [0.25, 0.3) is 11.8 Å². The molecule has 1 aromatic carbocycles. The van der Waals surface area contributed by atoms with E-state index >= 15 is 0 Å². The highest BCUT2D eigenvalue weighted by atomic mass is 32.1. The maximum atomic E-state index is 13.1. The molecular weight excluding hydrogens is 386 g/mol. The summed E-state index contributed by atoms with van der Waals surface area (Å²) in [5.74, 6) is -0.238. The zero-order valence-corrected chi connectivity index (χ0v) is 17.1. The molecule has 1 aliphatic heterocycles. The first kappa shape index (κ1) is 19.4. The second kappa shape index (κ2) is 8.21. The number of anilines is 1. The number of hydrogen-bond donors (Lipinski definition) is 1. The molecule has 0 atom stereocenters. The van der Waals surface area contributed by atoms with Crippen LogP contribution < -0.4 is 15.0 Å². The number of ether oxygens (including phenoxy) is 1. The van der Waals surface area contributed by atoms with Crippen LogP contribution in [-0.4, -0.2) is 28.6 Å². The van der Waals surface area contributed by atoms with Crippen molar-refractivity contribution in [3.8, 4) is 5.75 Å². The molecule has 2 aliphatic rings. The van der Waals surface area contributed by atoms with Gasteiger partial charge in [0.2, 0.25) is 0 Å². The van der Waals surface area contributed by atoms with Gasteiger partial charge in [-0.15, -0.1) is 0 Å². The molecule has 0 radical (unpaired) electrons. The molecule has 2 amide bonds. The third kappa shape index (κ3) is 3.96. The summed E-state index contributed by atoms with van der Waals surface area (Å²) < 4.78 is 7.36. The van der Waals surface area contributed by atoms with Crippen molar-refractivity contribution in [1.82, 2.24) is 9.88 Å². The fourth-order valence-corrected chi connectivity index (χ4v) is 4.19. The molecule has 0 bridgehead atoms. The Morgan fingerprint density at radius 2 is 1.83 bits per heavy atom. The Bertz CT molecular complexity index is 971. The molecule has 0 spiro atoms. The number of hydrogen-bond acceptors (Lipinski definition) is 4. The molecule has 1 aliphatic carbocycles. The summed E-state index contributed by atoms with van der Waals surface area (Å²) in [6.07, 6.45) is 11.8. The topological polar surface area (TPSA) is 63.6 Å². The fraction of sp³-hybridized carbons (Fsp3) is 0.318. The van der Waals surface area contributed by atoms with E-state index in [0.717, 1.165) is 5.56 Å². The maximum Gasteiger partial charge on any atom is 0.270 e. The lowest BCUT2D eigenvalue weighted by atomic mass is 9.95. The fourth-order valence-electron chi connectivity index (χ4n) is 3.91. The Kier molecular flexibility index (Phi) is 5.49. The predicted octanol–water partition coefficient (Wildman–Crippen LogP) is 3.83.